The molecular weight excluding hydrogens is 408 g/mol. The summed E-state index contributed by atoms with van der Waals surface area (Å²) in [5, 5.41) is 3.49. The Balaban J connectivity index is 1.26. The van der Waals surface area contributed by atoms with Gasteiger partial charge in [0.2, 0.25) is 0 Å². The molecule has 1 saturated carbocycles. The van der Waals surface area contributed by atoms with Crippen molar-refractivity contribution in [3.8, 4) is 11.8 Å². The number of morpholine rings is 1. The lowest BCUT2D eigenvalue weighted by atomic mass is 9.93. The third kappa shape index (κ3) is 4.67. The van der Waals surface area contributed by atoms with E-state index >= 15 is 0 Å². The summed E-state index contributed by atoms with van der Waals surface area (Å²) in [4.78, 5) is 19.8. The summed E-state index contributed by atoms with van der Waals surface area (Å²) in [5.41, 5.74) is 2.79. The molecule has 0 atom stereocenters. The van der Waals surface area contributed by atoms with E-state index in [4.69, 9.17) is 14.2 Å². The summed E-state index contributed by atoms with van der Waals surface area (Å²) in [6.45, 7) is 3.22. The van der Waals surface area contributed by atoms with Crippen LogP contribution in [0.15, 0.2) is 36.8 Å². The number of rotatable bonds is 6. The highest BCUT2D eigenvalue weighted by Gasteiger charge is 2.24. The van der Waals surface area contributed by atoms with Crippen LogP contribution >= 0.6 is 0 Å². The van der Waals surface area contributed by atoms with Crippen molar-refractivity contribution in [3.63, 3.8) is 0 Å². The normalized spacial score (nSPS) is 21.3. The van der Waals surface area contributed by atoms with Crippen LogP contribution in [-0.4, -0.2) is 65.5 Å². The van der Waals surface area contributed by atoms with E-state index < -0.39 is 0 Å². The van der Waals surface area contributed by atoms with Gasteiger partial charge < -0.3 is 24.4 Å². The van der Waals surface area contributed by atoms with Gasteiger partial charge in [-0.05, 0) is 37.8 Å². The van der Waals surface area contributed by atoms with E-state index in [1.807, 2.05) is 6.07 Å². The summed E-state index contributed by atoms with van der Waals surface area (Å²) >= 11 is 0. The molecule has 0 bridgehead atoms. The molecule has 0 unspecified atom stereocenters. The van der Waals surface area contributed by atoms with Gasteiger partial charge in [-0.1, -0.05) is 0 Å². The first kappa shape index (κ1) is 20.7. The lowest BCUT2D eigenvalue weighted by Gasteiger charge is -2.31. The molecule has 32 heavy (non-hydrogen) atoms. The molecule has 1 aliphatic heterocycles. The second-order valence-corrected chi connectivity index (χ2v) is 8.13. The average Bonchev–Trinajstić information content (AvgIpc) is 2.86. The Morgan fingerprint density at radius 1 is 1.00 bits per heavy atom. The Morgan fingerprint density at radius 3 is 2.62 bits per heavy atom. The zero-order valence-electron chi connectivity index (χ0n) is 18.2. The number of fused-ring (bicyclic) bond motifs is 1. The predicted octanol–water partition coefficient (Wildman–Crippen LogP) is 3.07. The van der Waals surface area contributed by atoms with Crippen LogP contribution < -0.4 is 19.7 Å². The maximum absolute atomic E-state index is 6.50. The van der Waals surface area contributed by atoms with Crippen LogP contribution in [0, 0.1) is 0 Å². The number of hydrogen-bond donors (Lipinski definition) is 1. The highest BCUT2D eigenvalue weighted by Crippen LogP contribution is 2.33. The van der Waals surface area contributed by atoms with Crippen molar-refractivity contribution in [2.24, 2.45) is 0 Å². The van der Waals surface area contributed by atoms with Gasteiger partial charge in [-0.3, -0.25) is 4.98 Å². The van der Waals surface area contributed by atoms with Gasteiger partial charge in [-0.25, -0.2) is 9.97 Å². The molecule has 9 heteroatoms. The zero-order valence-corrected chi connectivity index (χ0v) is 18.2. The van der Waals surface area contributed by atoms with Gasteiger partial charge in [-0.15, -0.1) is 0 Å². The predicted molar refractivity (Wildman–Crippen MR) is 121 cm³/mol. The van der Waals surface area contributed by atoms with Gasteiger partial charge in [0.25, 0.3) is 0 Å². The van der Waals surface area contributed by atoms with Crippen molar-refractivity contribution in [3.05, 3.63) is 36.8 Å². The summed E-state index contributed by atoms with van der Waals surface area (Å²) in [6.07, 6.45) is 9.24. The van der Waals surface area contributed by atoms with E-state index in [0.717, 1.165) is 80.3 Å². The Kier molecular flexibility index (Phi) is 6.15. The van der Waals surface area contributed by atoms with Crippen molar-refractivity contribution in [2.45, 2.75) is 37.8 Å². The molecule has 5 rings (SSSR count). The minimum atomic E-state index is 0.151. The van der Waals surface area contributed by atoms with Crippen molar-refractivity contribution in [1.29, 1.82) is 0 Å². The minimum absolute atomic E-state index is 0.151. The zero-order chi connectivity index (χ0) is 21.8. The van der Waals surface area contributed by atoms with Gasteiger partial charge in [0.15, 0.2) is 0 Å². The van der Waals surface area contributed by atoms with Crippen molar-refractivity contribution in [1.82, 2.24) is 19.9 Å². The Morgan fingerprint density at radius 2 is 1.81 bits per heavy atom. The SMILES string of the molecule is COc1nccc(N[C@H]2CC[C@@H](Oc3cc(N4CCOCC4)cc4nccnc34)CC2)n1. The molecule has 1 N–H and O–H groups in total. The molecule has 0 amide bonds. The van der Waals surface area contributed by atoms with Crippen molar-refractivity contribution in [2.75, 3.05) is 43.6 Å². The number of benzene rings is 1. The number of hydrogen-bond acceptors (Lipinski definition) is 9. The summed E-state index contributed by atoms with van der Waals surface area (Å²) in [7, 11) is 1.57. The van der Waals surface area contributed by atoms with Gasteiger partial charge in [0, 0.05) is 49.5 Å². The fraction of sp³-hybridized carbons (Fsp3) is 0.478. The molecule has 9 nitrogen and oxygen atoms in total. The van der Waals surface area contributed by atoms with E-state index in [1.54, 1.807) is 25.7 Å². The lowest BCUT2D eigenvalue weighted by molar-refractivity contribution is 0.122. The Bertz CT molecular complexity index is 1050. The number of ether oxygens (including phenoxy) is 3. The number of nitrogens with one attached hydrogen (secondary N) is 1. The fourth-order valence-electron chi connectivity index (χ4n) is 4.36. The monoisotopic (exact) mass is 436 g/mol. The molecule has 1 aliphatic carbocycles. The topological polar surface area (TPSA) is 94.5 Å². The van der Waals surface area contributed by atoms with E-state index in [1.165, 1.54) is 0 Å². The van der Waals surface area contributed by atoms with Gasteiger partial charge in [0.05, 0.1) is 31.9 Å². The lowest BCUT2D eigenvalue weighted by Crippen LogP contribution is -2.36. The maximum atomic E-state index is 6.50. The number of nitrogens with zero attached hydrogens (tertiary/aromatic N) is 5. The van der Waals surface area contributed by atoms with Gasteiger partial charge >= 0.3 is 6.01 Å². The van der Waals surface area contributed by atoms with E-state index in [-0.39, 0.29) is 6.10 Å². The molecule has 0 radical (unpaired) electrons. The average molecular weight is 437 g/mol. The van der Waals surface area contributed by atoms with Gasteiger partial charge in [0.1, 0.15) is 17.1 Å². The molecule has 3 aromatic rings. The second-order valence-electron chi connectivity index (χ2n) is 8.13. The molecule has 168 valence electrons. The second kappa shape index (κ2) is 9.52. The number of methoxy groups -OCH3 is 1. The summed E-state index contributed by atoms with van der Waals surface area (Å²) in [5.74, 6) is 1.61. The number of aromatic nitrogens is 4. The maximum Gasteiger partial charge on any atom is 0.318 e. The minimum Gasteiger partial charge on any atom is -0.488 e. The highest BCUT2D eigenvalue weighted by atomic mass is 16.5. The van der Waals surface area contributed by atoms with Crippen LogP contribution in [0.3, 0.4) is 0 Å². The van der Waals surface area contributed by atoms with Crippen LogP contribution in [0.2, 0.25) is 0 Å². The third-order valence-corrected chi connectivity index (χ3v) is 6.04. The van der Waals surface area contributed by atoms with E-state index in [9.17, 15) is 0 Å². The van der Waals surface area contributed by atoms with Crippen LogP contribution in [0.4, 0.5) is 11.5 Å². The molecule has 1 saturated heterocycles. The molecule has 1 aromatic carbocycles. The van der Waals surface area contributed by atoms with Gasteiger partial charge in [-0.2, -0.15) is 4.98 Å². The fourth-order valence-corrected chi connectivity index (χ4v) is 4.36. The smallest absolute Gasteiger partial charge is 0.318 e. The largest absolute Gasteiger partial charge is 0.488 e. The first-order chi connectivity index (χ1) is 15.8. The summed E-state index contributed by atoms with van der Waals surface area (Å²) < 4.78 is 17.1. The molecule has 2 aliphatic rings. The van der Waals surface area contributed by atoms with Crippen LogP contribution in [0.1, 0.15) is 25.7 Å². The highest BCUT2D eigenvalue weighted by molar-refractivity contribution is 5.85. The standard InChI is InChI=1S/C23H28N6O3/c1-30-23-26-7-6-21(28-23)27-16-2-4-18(5-3-16)32-20-15-17(29-10-12-31-13-11-29)14-19-22(20)25-9-8-24-19/h6-9,14-16,18H,2-5,10-13H2,1H3,(H,26,27,28)/t16-,18+. The van der Waals surface area contributed by atoms with Crippen molar-refractivity contribution < 1.29 is 14.2 Å². The molecular formula is C23H28N6O3. The first-order valence-electron chi connectivity index (χ1n) is 11.2. The Hall–Kier alpha value is -3.20. The molecule has 2 fully saturated rings. The van der Waals surface area contributed by atoms with E-state index in [2.05, 4.69) is 42.3 Å². The number of anilines is 2. The molecule has 3 heterocycles. The van der Waals surface area contributed by atoms with Crippen molar-refractivity contribution >= 4 is 22.5 Å². The summed E-state index contributed by atoms with van der Waals surface area (Å²) in [6, 6.07) is 6.80. The van der Waals surface area contributed by atoms with E-state index in [0.29, 0.717) is 12.1 Å². The van der Waals surface area contributed by atoms with Crippen LogP contribution in [0.25, 0.3) is 11.0 Å². The Labute approximate surface area is 187 Å². The van der Waals surface area contributed by atoms with Crippen LogP contribution in [0.5, 0.6) is 11.8 Å². The first-order valence-corrected chi connectivity index (χ1v) is 11.2. The third-order valence-electron chi connectivity index (χ3n) is 6.04. The molecule has 0 spiro atoms. The quantitative estimate of drug-likeness (QED) is 0.625. The molecule has 2 aromatic heterocycles. The van der Waals surface area contributed by atoms with Crippen LogP contribution in [-0.2, 0) is 4.74 Å².